The summed E-state index contributed by atoms with van der Waals surface area (Å²) in [6.45, 7) is 4.11. The van der Waals surface area contributed by atoms with Gasteiger partial charge in [0.1, 0.15) is 10.9 Å². The van der Waals surface area contributed by atoms with E-state index in [2.05, 4.69) is 11.4 Å². The molecule has 28 heavy (non-hydrogen) atoms. The number of fused-ring (bicyclic) bond motifs is 2. The summed E-state index contributed by atoms with van der Waals surface area (Å²) in [7, 11) is 0. The highest BCUT2D eigenvalue weighted by atomic mass is 32.2. The van der Waals surface area contributed by atoms with E-state index in [0.717, 1.165) is 21.5 Å². The van der Waals surface area contributed by atoms with Crippen molar-refractivity contribution >= 4 is 56.8 Å². The van der Waals surface area contributed by atoms with Crippen molar-refractivity contribution in [2.24, 2.45) is 10.9 Å². The van der Waals surface area contributed by atoms with Crippen molar-refractivity contribution in [2.45, 2.75) is 24.9 Å². The van der Waals surface area contributed by atoms with E-state index in [0.29, 0.717) is 5.69 Å². The number of rotatable bonds is 3. The summed E-state index contributed by atoms with van der Waals surface area (Å²) in [5.74, 6) is 0.744. The van der Waals surface area contributed by atoms with Crippen LogP contribution in [0, 0.1) is 5.92 Å². The molecule has 2 aliphatic rings. The van der Waals surface area contributed by atoms with Gasteiger partial charge in [-0.25, -0.2) is 4.99 Å². The molecule has 2 aromatic carbocycles. The number of aliphatic imine (C=N–C) groups is 1. The first kappa shape index (κ1) is 19.1. The Kier molecular flexibility index (Phi) is 5.46. The molecule has 1 N–H and O–H groups in total. The molecule has 144 valence electrons. The summed E-state index contributed by atoms with van der Waals surface area (Å²) in [5, 5.41) is 2.53. The van der Waals surface area contributed by atoms with Gasteiger partial charge in [0.15, 0.2) is 0 Å². The van der Waals surface area contributed by atoms with E-state index < -0.39 is 0 Å². The van der Waals surface area contributed by atoms with Crippen molar-refractivity contribution in [3.05, 3.63) is 54.1 Å². The average Bonchev–Trinajstić information content (AvgIpc) is 2.70. The van der Waals surface area contributed by atoms with Gasteiger partial charge in [-0.15, -0.1) is 0 Å². The molecule has 0 bridgehead atoms. The Morgan fingerprint density at radius 2 is 1.93 bits per heavy atom. The van der Waals surface area contributed by atoms with Crippen LogP contribution in [0.4, 0.5) is 17.1 Å². The quantitative estimate of drug-likeness (QED) is 0.798. The summed E-state index contributed by atoms with van der Waals surface area (Å²) in [6, 6.07) is 15.5. The largest absolute Gasteiger partial charge is 0.323 e. The second kappa shape index (κ2) is 8.01. The lowest BCUT2D eigenvalue weighted by molar-refractivity contribution is -0.122. The zero-order valence-corrected chi connectivity index (χ0v) is 17.3. The molecule has 5 nitrogen and oxygen atoms in total. The first-order chi connectivity index (χ1) is 13.5. The maximum absolute atomic E-state index is 13.4. The van der Waals surface area contributed by atoms with E-state index in [1.165, 1.54) is 17.3 Å². The molecule has 0 saturated carbocycles. The summed E-state index contributed by atoms with van der Waals surface area (Å²) in [6.07, 6.45) is 0. The minimum Gasteiger partial charge on any atom is -0.323 e. The number of amides is 2. The molecular weight excluding hydrogens is 390 g/mol. The second-order valence-corrected chi connectivity index (χ2v) is 9.42. The van der Waals surface area contributed by atoms with E-state index in [1.54, 1.807) is 16.7 Å². The van der Waals surface area contributed by atoms with Gasteiger partial charge in [0.2, 0.25) is 11.8 Å². The summed E-state index contributed by atoms with van der Waals surface area (Å²) in [5.41, 5.74) is 3.62. The fourth-order valence-electron chi connectivity index (χ4n) is 3.24. The molecule has 1 atom stereocenters. The van der Waals surface area contributed by atoms with Crippen molar-refractivity contribution in [1.82, 2.24) is 0 Å². The van der Waals surface area contributed by atoms with E-state index in [9.17, 15) is 9.59 Å². The average molecular weight is 412 g/mol. The third kappa shape index (κ3) is 3.82. The van der Waals surface area contributed by atoms with Crippen LogP contribution in [-0.2, 0) is 15.3 Å². The molecular formula is C21H21N3O2S2. The number of para-hydroxylation sites is 3. The molecule has 0 aliphatic carbocycles. The van der Waals surface area contributed by atoms with E-state index >= 15 is 0 Å². The van der Waals surface area contributed by atoms with Crippen LogP contribution in [0.3, 0.4) is 0 Å². The van der Waals surface area contributed by atoms with E-state index in [4.69, 9.17) is 4.99 Å². The topological polar surface area (TPSA) is 61.8 Å². The van der Waals surface area contributed by atoms with E-state index in [1.807, 2.05) is 56.3 Å². The lowest BCUT2D eigenvalue weighted by Gasteiger charge is -2.33. The molecule has 2 aliphatic heterocycles. The molecule has 0 aromatic heterocycles. The monoisotopic (exact) mass is 411 g/mol. The van der Waals surface area contributed by atoms with Crippen LogP contribution in [0.2, 0.25) is 0 Å². The summed E-state index contributed by atoms with van der Waals surface area (Å²) >= 11 is 3.17. The number of thioether (sulfide) groups is 2. The standard InChI is InChI=1S/C21H21N3O2S2/c1-13(2)19(28-21-23-15-8-4-3-7-14(15)12-27-21)20(26)24-11-18(25)22-16-9-5-6-10-17(16)24/h3-10,13,19H,11-12H2,1-2H3,(H,22,25)/t19-/m1/s1. The van der Waals surface area contributed by atoms with Crippen molar-refractivity contribution in [3.63, 3.8) is 0 Å². The highest BCUT2D eigenvalue weighted by molar-refractivity contribution is 8.39. The van der Waals surface area contributed by atoms with Crippen molar-refractivity contribution in [3.8, 4) is 0 Å². The highest BCUT2D eigenvalue weighted by Crippen LogP contribution is 2.39. The number of benzene rings is 2. The lowest BCUT2D eigenvalue weighted by Crippen LogP contribution is -2.47. The molecule has 2 aromatic rings. The molecule has 2 heterocycles. The van der Waals surface area contributed by atoms with Gasteiger partial charge in [-0.05, 0) is 29.7 Å². The first-order valence-electron chi connectivity index (χ1n) is 9.19. The zero-order chi connectivity index (χ0) is 19.7. The zero-order valence-electron chi connectivity index (χ0n) is 15.7. The predicted molar refractivity (Wildman–Crippen MR) is 118 cm³/mol. The third-order valence-electron chi connectivity index (χ3n) is 4.67. The van der Waals surface area contributed by atoms with Gasteiger partial charge in [-0.3, -0.25) is 14.5 Å². The molecule has 4 rings (SSSR count). The second-order valence-electron chi connectivity index (χ2n) is 7.07. The number of hydrogen-bond acceptors (Lipinski definition) is 5. The maximum atomic E-state index is 13.4. The number of anilines is 2. The van der Waals surface area contributed by atoms with Crippen LogP contribution >= 0.6 is 23.5 Å². The fraction of sp³-hybridized carbons (Fsp3) is 0.286. The Hall–Kier alpha value is -2.25. The predicted octanol–water partition coefficient (Wildman–Crippen LogP) is 4.66. The first-order valence-corrected chi connectivity index (χ1v) is 11.1. The summed E-state index contributed by atoms with van der Waals surface area (Å²) < 4.78 is 0.903. The minimum atomic E-state index is -0.310. The van der Waals surface area contributed by atoms with Gasteiger partial charge in [0.25, 0.3) is 0 Å². The Balaban J connectivity index is 1.60. The number of nitrogens with one attached hydrogen (secondary N) is 1. The normalized spacial score (nSPS) is 16.8. The minimum absolute atomic E-state index is 0.0437. The van der Waals surface area contributed by atoms with Crippen molar-refractivity contribution < 1.29 is 9.59 Å². The maximum Gasteiger partial charge on any atom is 0.244 e. The molecule has 0 fully saturated rings. The molecule has 0 spiro atoms. The number of carbonyl (C=O) groups is 2. The number of carbonyl (C=O) groups excluding carboxylic acids is 2. The molecule has 0 unspecified atom stereocenters. The van der Waals surface area contributed by atoms with Gasteiger partial charge in [-0.1, -0.05) is 67.7 Å². The van der Waals surface area contributed by atoms with Crippen LogP contribution in [-0.4, -0.2) is 28.0 Å². The van der Waals surface area contributed by atoms with Crippen LogP contribution < -0.4 is 10.2 Å². The Bertz CT molecular complexity index is 958. The molecule has 2 amide bonds. The Morgan fingerprint density at radius 1 is 1.18 bits per heavy atom. The third-order valence-corrected chi connectivity index (χ3v) is 7.40. The smallest absolute Gasteiger partial charge is 0.244 e. The van der Waals surface area contributed by atoms with Crippen LogP contribution in [0.15, 0.2) is 53.5 Å². The Labute approximate surface area is 173 Å². The van der Waals surface area contributed by atoms with Gasteiger partial charge in [0.05, 0.1) is 22.3 Å². The van der Waals surface area contributed by atoms with Gasteiger partial charge in [0, 0.05) is 5.75 Å². The lowest BCUT2D eigenvalue weighted by atomic mass is 10.1. The van der Waals surface area contributed by atoms with Gasteiger partial charge < -0.3 is 5.32 Å². The Morgan fingerprint density at radius 3 is 2.75 bits per heavy atom. The van der Waals surface area contributed by atoms with Crippen LogP contribution in [0.5, 0.6) is 0 Å². The fourth-order valence-corrected chi connectivity index (χ4v) is 5.55. The molecule has 0 radical (unpaired) electrons. The van der Waals surface area contributed by atoms with Gasteiger partial charge in [-0.2, -0.15) is 0 Å². The number of hydrogen-bond donors (Lipinski definition) is 1. The SMILES string of the molecule is CC(C)[C@@H](SC1=Nc2ccccc2CS1)C(=O)N1CC(=O)Nc2ccccc21. The van der Waals surface area contributed by atoms with Gasteiger partial charge >= 0.3 is 0 Å². The highest BCUT2D eigenvalue weighted by Gasteiger charge is 2.34. The van der Waals surface area contributed by atoms with Crippen LogP contribution in [0.25, 0.3) is 0 Å². The van der Waals surface area contributed by atoms with Crippen molar-refractivity contribution in [2.75, 3.05) is 16.8 Å². The van der Waals surface area contributed by atoms with Crippen LogP contribution in [0.1, 0.15) is 19.4 Å². The summed E-state index contributed by atoms with van der Waals surface area (Å²) in [4.78, 5) is 31.9. The number of nitrogens with zero attached hydrogens (tertiary/aromatic N) is 2. The molecule has 0 saturated heterocycles. The van der Waals surface area contributed by atoms with E-state index in [-0.39, 0.29) is 29.5 Å². The molecule has 7 heteroatoms. The van der Waals surface area contributed by atoms with Crippen molar-refractivity contribution in [1.29, 1.82) is 0 Å².